The number of hydrogen-bond donors (Lipinski definition) is 0. The number of halogens is 3. The van der Waals surface area contributed by atoms with Crippen LogP contribution in [0.15, 0.2) is 6.20 Å². The Morgan fingerprint density at radius 3 is 2.90 bits per heavy atom. The highest BCUT2D eigenvalue weighted by atomic mass is 35.5. The molecule has 3 heterocycles. The van der Waals surface area contributed by atoms with E-state index in [0.29, 0.717) is 11.2 Å². The predicted octanol–water partition coefficient (Wildman–Crippen LogP) is 3.41. The third-order valence-corrected chi connectivity index (χ3v) is 4.60. The van der Waals surface area contributed by atoms with Crippen molar-refractivity contribution in [1.29, 1.82) is 0 Å². The summed E-state index contributed by atoms with van der Waals surface area (Å²) in [5.41, 5.74) is 0.122. The second kappa shape index (κ2) is 5.87. The van der Waals surface area contributed by atoms with E-state index >= 15 is 0 Å². The lowest BCUT2D eigenvalue weighted by Crippen LogP contribution is -2.27. The molecule has 1 aliphatic heterocycles. The average Bonchev–Trinajstić information content (AvgIpc) is 2.71. The number of aromatic nitrogens is 3. The Labute approximate surface area is 129 Å². The van der Waals surface area contributed by atoms with Gasteiger partial charge in [0, 0.05) is 25.0 Å². The molecule has 0 spiro atoms. The molecule has 0 saturated carbocycles. The van der Waals surface area contributed by atoms with Crippen molar-refractivity contribution >= 4 is 51.7 Å². The number of fused-ring (bicyclic) bond motifs is 1. The molecule has 0 aliphatic carbocycles. The van der Waals surface area contributed by atoms with Crippen LogP contribution in [-0.2, 0) is 0 Å². The number of pyridine rings is 1. The highest BCUT2D eigenvalue weighted by molar-refractivity contribution is 7.99. The molecule has 2 aromatic rings. The fourth-order valence-electron chi connectivity index (χ4n) is 2.19. The van der Waals surface area contributed by atoms with E-state index in [0.717, 1.165) is 31.0 Å². The number of thioether (sulfide) groups is 1. The molecule has 0 amide bonds. The van der Waals surface area contributed by atoms with Gasteiger partial charge in [-0.2, -0.15) is 16.7 Å². The van der Waals surface area contributed by atoms with Crippen molar-refractivity contribution in [2.75, 3.05) is 29.5 Å². The van der Waals surface area contributed by atoms with Crippen molar-refractivity contribution in [1.82, 2.24) is 15.0 Å². The largest absolute Gasteiger partial charge is 0.355 e. The first kappa shape index (κ1) is 14.1. The fourth-order valence-corrected chi connectivity index (χ4v) is 3.38. The normalized spacial score (nSPS) is 16.4. The lowest BCUT2D eigenvalue weighted by Gasteiger charge is -2.22. The van der Waals surface area contributed by atoms with Gasteiger partial charge in [0.2, 0.25) is 5.28 Å². The lowest BCUT2D eigenvalue weighted by molar-refractivity contribution is 0.631. The summed E-state index contributed by atoms with van der Waals surface area (Å²) < 4.78 is 14.0. The van der Waals surface area contributed by atoms with E-state index in [1.165, 1.54) is 6.20 Å². The molecule has 2 aromatic heterocycles. The van der Waals surface area contributed by atoms with Crippen LogP contribution in [-0.4, -0.2) is 39.5 Å². The van der Waals surface area contributed by atoms with Crippen LogP contribution in [0.1, 0.15) is 6.42 Å². The molecule has 1 fully saturated rings. The van der Waals surface area contributed by atoms with E-state index in [-0.39, 0.29) is 16.0 Å². The monoisotopic (exact) mass is 332 g/mol. The Morgan fingerprint density at radius 1 is 1.20 bits per heavy atom. The zero-order valence-electron chi connectivity index (χ0n) is 10.4. The minimum Gasteiger partial charge on any atom is -0.355 e. The Morgan fingerprint density at radius 2 is 2.05 bits per heavy atom. The van der Waals surface area contributed by atoms with Gasteiger partial charge in [-0.1, -0.05) is 11.6 Å². The second-order valence-corrected chi connectivity index (χ2v) is 6.32. The number of hydrogen-bond acceptors (Lipinski definition) is 5. The Bertz CT molecular complexity index is 647. The Kier molecular flexibility index (Phi) is 4.14. The molecule has 0 bridgehead atoms. The van der Waals surface area contributed by atoms with Crippen molar-refractivity contribution in [3.8, 4) is 0 Å². The molecule has 1 saturated heterocycles. The van der Waals surface area contributed by atoms with Crippen molar-refractivity contribution in [3.05, 3.63) is 22.5 Å². The summed E-state index contributed by atoms with van der Waals surface area (Å²) >= 11 is 13.5. The standard InChI is InChI=1S/C12H11Cl2FN4S/c13-10-8(15)9-7(6-16-10)11(18-12(14)17-9)19-2-1-4-20-5-3-19/h6H,1-5H2. The summed E-state index contributed by atoms with van der Waals surface area (Å²) in [5, 5.41) is 0.360. The minimum atomic E-state index is -0.654. The number of anilines is 1. The molecule has 0 N–H and O–H groups in total. The number of rotatable bonds is 1. The van der Waals surface area contributed by atoms with Crippen LogP contribution in [0.25, 0.3) is 10.9 Å². The third-order valence-electron chi connectivity index (χ3n) is 3.12. The van der Waals surface area contributed by atoms with Crippen LogP contribution in [0.3, 0.4) is 0 Å². The van der Waals surface area contributed by atoms with Crippen molar-refractivity contribution in [3.63, 3.8) is 0 Å². The average molecular weight is 333 g/mol. The maximum Gasteiger partial charge on any atom is 0.225 e. The van der Waals surface area contributed by atoms with Gasteiger partial charge in [-0.15, -0.1) is 0 Å². The van der Waals surface area contributed by atoms with Gasteiger partial charge < -0.3 is 4.90 Å². The van der Waals surface area contributed by atoms with Gasteiger partial charge in [0.25, 0.3) is 0 Å². The van der Waals surface area contributed by atoms with Gasteiger partial charge >= 0.3 is 0 Å². The summed E-state index contributed by atoms with van der Waals surface area (Å²) in [7, 11) is 0. The smallest absolute Gasteiger partial charge is 0.225 e. The van der Waals surface area contributed by atoms with E-state index in [1.807, 2.05) is 11.8 Å². The van der Waals surface area contributed by atoms with Crippen LogP contribution >= 0.6 is 35.0 Å². The van der Waals surface area contributed by atoms with Crippen LogP contribution < -0.4 is 4.90 Å². The van der Waals surface area contributed by atoms with Crippen LogP contribution in [0, 0.1) is 5.82 Å². The highest BCUT2D eigenvalue weighted by Gasteiger charge is 2.19. The molecular weight excluding hydrogens is 322 g/mol. The topological polar surface area (TPSA) is 41.9 Å². The van der Waals surface area contributed by atoms with E-state index in [9.17, 15) is 4.39 Å². The molecular formula is C12H11Cl2FN4S. The van der Waals surface area contributed by atoms with Gasteiger partial charge in [0.05, 0.1) is 5.39 Å². The summed E-state index contributed by atoms with van der Waals surface area (Å²) in [6, 6.07) is 0. The van der Waals surface area contributed by atoms with Gasteiger partial charge in [0.1, 0.15) is 11.3 Å². The van der Waals surface area contributed by atoms with E-state index in [2.05, 4.69) is 19.9 Å². The Hall–Kier alpha value is -0.850. The first-order valence-electron chi connectivity index (χ1n) is 6.17. The molecule has 8 heteroatoms. The van der Waals surface area contributed by atoms with Gasteiger partial charge in [-0.3, -0.25) is 0 Å². The van der Waals surface area contributed by atoms with Crippen LogP contribution in [0.4, 0.5) is 10.2 Å². The second-order valence-electron chi connectivity index (χ2n) is 4.39. The highest BCUT2D eigenvalue weighted by Crippen LogP contribution is 2.30. The summed E-state index contributed by atoms with van der Waals surface area (Å²) in [5.74, 6) is 2.10. The number of nitrogens with zero attached hydrogens (tertiary/aromatic N) is 4. The van der Waals surface area contributed by atoms with Gasteiger partial charge in [0.15, 0.2) is 11.0 Å². The molecule has 0 radical (unpaired) electrons. The summed E-state index contributed by atoms with van der Waals surface area (Å²) in [4.78, 5) is 14.1. The minimum absolute atomic E-state index is 0.0190. The first-order valence-corrected chi connectivity index (χ1v) is 8.08. The maximum absolute atomic E-state index is 14.0. The van der Waals surface area contributed by atoms with Crippen LogP contribution in [0.5, 0.6) is 0 Å². The van der Waals surface area contributed by atoms with E-state index in [4.69, 9.17) is 23.2 Å². The zero-order valence-corrected chi connectivity index (χ0v) is 12.8. The van der Waals surface area contributed by atoms with E-state index < -0.39 is 5.82 Å². The molecule has 0 atom stereocenters. The molecule has 20 heavy (non-hydrogen) atoms. The molecule has 1 aliphatic rings. The predicted molar refractivity (Wildman–Crippen MR) is 81.5 cm³/mol. The molecule has 4 nitrogen and oxygen atoms in total. The van der Waals surface area contributed by atoms with Gasteiger partial charge in [-0.05, 0) is 23.8 Å². The van der Waals surface area contributed by atoms with Crippen LogP contribution in [0.2, 0.25) is 10.4 Å². The Balaban J connectivity index is 2.16. The molecule has 0 aromatic carbocycles. The maximum atomic E-state index is 14.0. The SMILES string of the molecule is Fc1c(Cl)ncc2c(N3CCCSCC3)nc(Cl)nc12. The quantitative estimate of drug-likeness (QED) is 0.591. The van der Waals surface area contributed by atoms with Gasteiger partial charge in [-0.25, -0.2) is 14.4 Å². The zero-order chi connectivity index (χ0) is 14.1. The summed E-state index contributed by atoms with van der Waals surface area (Å²) in [6.07, 6.45) is 2.56. The van der Waals surface area contributed by atoms with E-state index in [1.54, 1.807) is 0 Å². The summed E-state index contributed by atoms with van der Waals surface area (Å²) in [6.45, 7) is 1.71. The lowest BCUT2D eigenvalue weighted by atomic mass is 10.2. The first-order chi connectivity index (χ1) is 9.66. The van der Waals surface area contributed by atoms with Crippen molar-refractivity contribution < 1.29 is 4.39 Å². The molecule has 0 unspecified atom stereocenters. The molecule has 3 rings (SSSR count). The van der Waals surface area contributed by atoms with Crippen molar-refractivity contribution in [2.24, 2.45) is 0 Å². The fraction of sp³-hybridized carbons (Fsp3) is 0.417. The third kappa shape index (κ3) is 2.64. The van der Waals surface area contributed by atoms with Crippen molar-refractivity contribution in [2.45, 2.75) is 6.42 Å². The molecule has 106 valence electrons.